The number of nitrogens with zero attached hydrogens (tertiary/aromatic N) is 3. The third kappa shape index (κ3) is 4.17. The third-order valence-electron chi connectivity index (χ3n) is 3.10. The number of thioether (sulfide) groups is 1. The van der Waals surface area contributed by atoms with Gasteiger partial charge in [0.05, 0.1) is 20.5 Å². The smallest absolute Gasteiger partial charge is 0.383 e. The number of hydrogen-bond acceptors (Lipinski definition) is 4. The molecule has 0 amide bonds. The second-order valence-corrected chi connectivity index (χ2v) is 7.42. The number of benzene rings is 1. The number of nitrogens with two attached hydrogens (primary N) is 1. The standard InChI is InChI=1S/C15H13Cl2F3N4S/c1-7(2)6-25-13-11(5-21)23-24(14(13)22)12-9(16)3-8(4-10(12)17)15(18,19)20/h3-4,7H,6,22H2,1-2H3. The highest BCUT2D eigenvalue weighted by Gasteiger charge is 2.32. The van der Waals surface area contributed by atoms with Gasteiger partial charge in [0.2, 0.25) is 0 Å². The van der Waals surface area contributed by atoms with Crippen LogP contribution in [-0.2, 0) is 6.18 Å². The third-order valence-corrected chi connectivity index (χ3v) is 5.20. The van der Waals surface area contributed by atoms with Gasteiger partial charge in [-0.1, -0.05) is 37.0 Å². The number of aromatic nitrogens is 2. The highest BCUT2D eigenvalue weighted by Crippen LogP contribution is 2.40. The molecule has 0 aliphatic carbocycles. The van der Waals surface area contributed by atoms with Crippen LogP contribution in [0.5, 0.6) is 0 Å². The maximum absolute atomic E-state index is 12.8. The van der Waals surface area contributed by atoms with Crippen molar-refractivity contribution >= 4 is 40.8 Å². The number of halogens is 5. The summed E-state index contributed by atoms with van der Waals surface area (Å²) in [5.74, 6) is 1.14. The zero-order valence-corrected chi connectivity index (χ0v) is 15.5. The van der Waals surface area contributed by atoms with Gasteiger partial charge in [-0.3, -0.25) is 0 Å². The van der Waals surface area contributed by atoms with E-state index in [2.05, 4.69) is 5.10 Å². The fourth-order valence-electron chi connectivity index (χ4n) is 1.98. The number of nitrogen functional groups attached to an aromatic ring is 1. The van der Waals surface area contributed by atoms with E-state index < -0.39 is 11.7 Å². The molecule has 134 valence electrons. The Labute approximate surface area is 156 Å². The van der Waals surface area contributed by atoms with Crippen LogP contribution in [0.2, 0.25) is 10.0 Å². The molecule has 1 heterocycles. The summed E-state index contributed by atoms with van der Waals surface area (Å²) in [4.78, 5) is 0.447. The van der Waals surface area contributed by atoms with E-state index in [0.717, 1.165) is 16.8 Å². The molecule has 0 atom stereocenters. The minimum absolute atomic E-state index is 0.00160. The Bertz CT molecular complexity index is 818. The summed E-state index contributed by atoms with van der Waals surface area (Å²) < 4.78 is 39.7. The number of rotatable bonds is 4. The largest absolute Gasteiger partial charge is 0.416 e. The number of nitriles is 1. The zero-order chi connectivity index (χ0) is 18.9. The van der Waals surface area contributed by atoms with Gasteiger partial charge in [-0.05, 0) is 18.1 Å². The predicted octanol–water partition coefficient (Wildman–Crippen LogP) is 5.40. The Kier molecular flexibility index (Phi) is 5.82. The van der Waals surface area contributed by atoms with Crippen molar-refractivity contribution in [1.29, 1.82) is 5.26 Å². The monoisotopic (exact) mass is 408 g/mol. The molecule has 0 bridgehead atoms. The molecule has 0 saturated carbocycles. The Balaban J connectivity index is 2.58. The first kappa shape index (κ1) is 19.8. The van der Waals surface area contributed by atoms with Gasteiger partial charge in [0.1, 0.15) is 17.6 Å². The van der Waals surface area contributed by atoms with Crippen LogP contribution in [0.3, 0.4) is 0 Å². The quantitative estimate of drug-likeness (QED) is 0.687. The van der Waals surface area contributed by atoms with Crippen LogP contribution >= 0.6 is 35.0 Å². The molecule has 25 heavy (non-hydrogen) atoms. The molecule has 2 N–H and O–H groups in total. The van der Waals surface area contributed by atoms with Gasteiger partial charge in [0.15, 0.2) is 5.69 Å². The molecule has 10 heteroatoms. The van der Waals surface area contributed by atoms with Crippen molar-refractivity contribution in [2.75, 3.05) is 11.5 Å². The molecule has 0 unspecified atom stereocenters. The van der Waals surface area contributed by atoms with Gasteiger partial charge >= 0.3 is 6.18 Å². The molecule has 1 aromatic carbocycles. The van der Waals surface area contributed by atoms with Crippen LogP contribution in [0.25, 0.3) is 5.69 Å². The molecular weight excluding hydrogens is 396 g/mol. The molecule has 0 radical (unpaired) electrons. The Morgan fingerprint density at radius 2 is 1.88 bits per heavy atom. The average molecular weight is 409 g/mol. The topological polar surface area (TPSA) is 67.6 Å². The highest BCUT2D eigenvalue weighted by molar-refractivity contribution is 7.99. The summed E-state index contributed by atoms with van der Waals surface area (Å²) in [5.41, 5.74) is 5.14. The molecular formula is C15H13Cl2F3N4S. The number of anilines is 1. The minimum Gasteiger partial charge on any atom is -0.383 e. The van der Waals surface area contributed by atoms with Crippen LogP contribution in [0.4, 0.5) is 19.0 Å². The van der Waals surface area contributed by atoms with Crippen molar-refractivity contribution in [1.82, 2.24) is 9.78 Å². The van der Waals surface area contributed by atoms with Crippen molar-refractivity contribution in [3.63, 3.8) is 0 Å². The van der Waals surface area contributed by atoms with Gasteiger partial charge in [0, 0.05) is 5.75 Å². The van der Waals surface area contributed by atoms with Crippen LogP contribution in [0.15, 0.2) is 17.0 Å². The van der Waals surface area contributed by atoms with E-state index in [4.69, 9.17) is 28.9 Å². The zero-order valence-electron chi connectivity index (χ0n) is 13.2. The molecule has 1 aromatic heterocycles. The summed E-state index contributed by atoms with van der Waals surface area (Å²) >= 11 is 13.3. The van der Waals surface area contributed by atoms with Crippen molar-refractivity contribution in [2.45, 2.75) is 24.9 Å². The van der Waals surface area contributed by atoms with E-state index in [1.165, 1.54) is 11.8 Å². The highest BCUT2D eigenvalue weighted by atomic mass is 35.5. The normalized spacial score (nSPS) is 11.8. The molecule has 4 nitrogen and oxygen atoms in total. The molecule has 0 fully saturated rings. The Hall–Kier alpha value is -1.56. The minimum atomic E-state index is -4.59. The maximum atomic E-state index is 12.8. The van der Waals surface area contributed by atoms with Gasteiger partial charge in [0.25, 0.3) is 0 Å². The number of alkyl halides is 3. The lowest BCUT2D eigenvalue weighted by Gasteiger charge is -2.13. The first-order chi connectivity index (χ1) is 11.6. The van der Waals surface area contributed by atoms with E-state index in [1.54, 1.807) is 0 Å². The van der Waals surface area contributed by atoms with Crippen molar-refractivity contribution in [2.24, 2.45) is 5.92 Å². The summed E-state index contributed by atoms with van der Waals surface area (Å²) in [6, 6.07) is 3.42. The predicted molar refractivity (Wildman–Crippen MR) is 93.3 cm³/mol. The average Bonchev–Trinajstić information content (AvgIpc) is 2.80. The molecule has 0 spiro atoms. The van der Waals surface area contributed by atoms with E-state index in [9.17, 15) is 18.4 Å². The lowest BCUT2D eigenvalue weighted by molar-refractivity contribution is -0.137. The second-order valence-electron chi connectivity index (χ2n) is 5.58. The van der Waals surface area contributed by atoms with E-state index in [0.29, 0.717) is 16.6 Å². The summed E-state index contributed by atoms with van der Waals surface area (Å²) in [6.45, 7) is 4.01. The van der Waals surface area contributed by atoms with Gasteiger partial charge < -0.3 is 5.73 Å². The van der Waals surface area contributed by atoms with Crippen LogP contribution in [0, 0.1) is 17.2 Å². The lowest BCUT2D eigenvalue weighted by atomic mass is 10.2. The van der Waals surface area contributed by atoms with Gasteiger partial charge in [-0.15, -0.1) is 11.8 Å². The molecule has 0 aliphatic heterocycles. The van der Waals surface area contributed by atoms with Crippen LogP contribution in [-0.4, -0.2) is 15.5 Å². The van der Waals surface area contributed by atoms with Gasteiger partial charge in [-0.25, -0.2) is 4.68 Å². The van der Waals surface area contributed by atoms with Crippen LogP contribution < -0.4 is 5.73 Å². The molecule has 0 saturated heterocycles. The summed E-state index contributed by atoms with van der Waals surface area (Å²) in [6.07, 6.45) is -4.59. The summed E-state index contributed by atoms with van der Waals surface area (Å²) in [7, 11) is 0. The fraction of sp³-hybridized carbons (Fsp3) is 0.333. The Morgan fingerprint density at radius 1 is 1.32 bits per heavy atom. The summed E-state index contributed by atoms with van der Waals surface area (Å²) in [5, 5.41) is 12.8. The van der Waals surface area contributed by atoms with Crippen LogP contribution in [0.1, 0.15) is 25.1 Å². The van der Waals surface area contributed by atoms with Crippen molar-refractivity contribution < 1.29 is 13.2 Å². The molecule has 0 aliphatic rings. The lowest BCUT2D eigenvalue weighted by Crippen LogP contribution is -2.08. The van der Waals surface area contributed by atoms with E-state index in [-0.39, 0.29) is 27.2 Å². The first-order valence-electron chi connectivity index (χ1n) is 7.04. The van der Waals surface area contributed by atoms with E-state index >= 15 is 0 Å². The second kappa shape index (κ2) is 7.36. The van der Waals surface area contributed by atoms with E-state index in [1.807, 2.05) is 19.9 Å². The van der Waals surface area contributed by atoms with Crippen molar-refractivity contribution in [3.8, 4) is 11.8 Å². The molecule has 2 rings (SSSR count). The van der Waals surface area contributed by atoms with Crippen molar-refractivity contribution in [3.05, 3.63) is 33.4 Å². The number of hydrogen-bond donors (Lipinski definition) is 1. The SMILES string of the molecule is CC(C)CSc1c(C#N)nn(-c2c(Cl)cc(C(F)(F)F)cc2Cl)c1N. The fourth-order valence-corrected chi connectivity index (χ4v) is 3.59. The maximum Gasteiger partial charge on any atom is 0.416 e. The van der Waals surface area contributed by atoms with Gasteiger partial charge in [-0.2, -0.15) is 23.5 Å². The first-order valence-corrected chi connectivity index (χ1v) is 8.78. The Morgan fingerprint density at radius 3 is 2.32 bits per heavy atom. The molecule has 2 aromatic rings.